The van der Waals surface area contributed by atoms with Gasteiger partial charge in [-0.15, -0.1) is 0 Å². The molecule has 1 amide bonds. The third kappa shape index (κ3) is 5.31. The summed E-state index contributed by atoms with van der Waals surface area (Å²) >= 11 is 0. The number of hydrogen-bond donors (Lipinski definition) is 2. The smallest absolute Gasteiger partial charge is 0.220 e. The summed E-state index contributed by atoms with van der Waals surface area (Å²) < 4.78 is 0. The molecular formula is C17H24N2O2. The van der Waals surface area contributed by atoms with Gasteiger partial charge in [0.25, 0.3) is 0 Å². The molecule has 0 saturated carbocycles. The van der Waals surface area contributed by atoms with E-state index >= 15 is 0 Å². The van der Waals surface area contributed by atoms with E-state index in [2.05, 4.69) is 10.6 Å². The normalized spacial score (nSPS) is 18.2. The second-order valence-corrected chi connectivity index (χ2v) is 5.81. The van der Waals surface area contributed by atoms with Gasteiger partial charge < -0.3 is 10.6 Å². The fourth-order valence-electron chi connectivity index (χ4n) is 2.56. The molecular weight excluding hydrogens is 264 g/mol. The summed E-state index contributed by atoms with van der Waals surface area (Å²) in [6.07, 6.45) is 2.88. The van der Waals surface area contributed by atoms with E-state index in [0.29, 0.717) is 18.0 Å². The molecule has 1 aliphatic heterocycles. The van der Waals surface area contributed by atoms with Crippen LogP contribution in [0.15, 0.2) is 24.3 Å². The molecule has 2 rings (SSSR count). The second kappa shape index (κ2) is 7.93. The maximum absolute atomic E-state index is 12.0. The molecule has 1 aliphatic rings. The first-order chi connectivity index (χ1) is 10.1. The molecule has 1 unspecified atom stereocenters. The van der Waals surface area contributed by atoms with Gasteiger partial charge in [0.05, 0.1) is 0 Å². The topological polar surface area (TPSA) is 58.2 Å². The Hall–Kier alpha value is -1.68. The van der Waals surface area contributed by atoms with Crippen LogP contribution in [0.3, 0.4) is 0 Å². The molecule has 0 spiro atoms. The Morgan fingerprint density at radius 1 is 1.24 bits per heavy atom. The van der Waals surface area contributed by atoms with Crippen LogP contribution in [-0.4, -0.2) is 31.3 Å². The number of hydrogen-bond acceptors (Lipinski definition) is 3. The van der Waals surface area contributed by atoms with Crippen molar-refractivity contribution < 1.29 is 9.59 Å². The third-order valence-electron chi connectivity index (χ3n) is 3.94. The van der Waals surface area contributed by atoms with Crippen LogP contribution in [0.4, 0.5) is 0 Å². The largest absolute Gasteiger partial charge is 0.356 e. The monoisotopic (exact) mass is 288 g/mol. The fourth-order valence-corrected chi connectivity index (χ4v) is 2.56. The molecule has 1 aromatic carbocycles. The maximum atomic E-state index is 12.0. The van der Waals surface area contributed by atoms with E-state index in [0.717, 1.165) is 25.1 Å². The average molecular weight is 288 g/mol. The molecule has 4 nitrogen and oxygen atoms in total. The Kier molecular flexibility index (Phi) is 5.93. The number of carbonyl (C=O) groups is 2. The summed E-state index contributed by atoms with van der Waals surface area (Å²) in [4.78, 5) is 23.8. The fraction of sp³-hybridized carbons (Fsp3) is 0.529. The van der Waals surface area contributed by atoms with E-state index < -0.39 is 0 Å². The zero-order chi connectivity index (χ0) is 15.1. The lowest BCUT2D eigenvalue weighted by molar-refractivity contribution is -0.121. The van der Waals surface area contributed by atoms with Crippen molar-refractivity contribution >= 4 is 11.7 Å². The molecule has 0 radical (unpaired) electrons. The minimum Gasteiger partial charge on any atom is -0.356 e. The van der Waals surface area contributed by atoms with E-state index in [9.17, 15) is 9.59 Å². The van der Waals surface area contributed by atoms with Gasteiger partial charge >= 0.3 is 0 Å². The lowest BCUT2D eigenvalue weighted by atomic mass is 9.99. The van der Waals surface area contributed by atoms with Crippen molar-refractivity contribution in [2.24, 2.45) is 5.92 Å². The summed E-state index contributed by atoms with van der Waals surface area (Å²) in [6, 6.07) is 7.49. The minimum absolute atomic E-state index is 0.0268. The number of carbonyl (C=O) groups excluding carboxylic acids is 2. The number of aryl methyl sites for hydroxylation is 1. The van der Waals surface area contributed by atoms with Crippen LogP contribution < -0.4 is 10.6 Å². The molecule has 1 heterocycles. The van der Waals surface area contributed by atoms with Crippen LogP contribution >= 0.6 is 0 Å². The van der Waals surface area contributed by atoms with Gasteiger partial charge in [0, 0.05) is 24.9 Å². The van der Waals surface area contributed by atoms with Gasteiger partial charge in [-0.3, -0.25) is 9.59 Å². The van der Waals surface area contributed by atoms with Crippen molar-refractivity contribution in [3.63, 3.8) is 0 Å². The number of benzene rings is 1. The number of ketones is 1. The van der Waals surface area contributed by atoms with Crippen molar-refractivity contribution in [2.75, 3.05) is 19.6 Å². The molecule has 1 fully saturated rings. The van der Waals surface area contributed by atoms with Crippen molar-refractivity contribution in [2.45, 2.75) is 32.6 Å². The third-order valence-corrected chi connectivity index (χ3v) is 3.94. The number of nitrogens with one attached hydrogen (secondary N) is 2. The van der Waals surface area contributed by atoms with Crippen LogP contribution in [-0.2, 0) is 4.79 Å². The predicted octanol–water partition coefficient (Wildman–Crippen LogP) is 2.07. The standard InChI is InChI=1S/C17H24N2O2/c1-13-4-6-15(7-5-13)16(20)8-9-17(21)19-12-14-3-2-10-18-11-14/h4-7,14,18H,2-3,8-12H2,1H3,(H,19,21). The number of piperidine rings is 1. The molecule has 0 aromatic heterocycles. The molecule has 1 saturated heterocycles. The van der Waals surface area contributed by atoms with Crippen molar-refractivity contribution in [1.29, 1.82) is 0 Å². The molecule has 114 valence electrons. The lowest BCUT2D eigenvalue weighted by Gasteiger charge is -2.22. The molecule has 0 bridgehead atoms. The Labute approximate surface area is 126 Å². The summed E-state index contributed by atoms with van der Waals surface area (Å²) in [7, 11) is 0. The number of rotatable bonds is 6. The summed E-state index contributed by atoms with van der Waals surface area (Å²) in [6.45, 7) is 4.75. The summed E-state index contributed by atoms with van der Waals surface area (Å²) in [5.41, 5.74) is 1.82. The quantitative estimate of drug-likeness (QED) is 0.788. The van der Waals surface area contributed by atoms with Gasteiger partial charge in [0.2, 0.25) is 5.91 Å². The predicted molar refractivity (Wildman–Crippen MR) is 83.3 cm³/mol. The molecule has 1 atom stereocenters. The van der Waals surface area contributed by atoms with E-state index in [1.165, 1.54) is 6.42 Å². The Morgan fingerprint density at radius 3 is 2.67 bits per heavy atom. The first-order valence-electron chi connectivity index (χ1n) is 7.72. The molecule has 4 heteroatoms. The molecule has 21 heavy (non-hydrogen) atoms. The minimum atomic E-state index is -0.0268. The van der Waals surface area contributed by atoms with Gasteiger partial charge in [0.1, 0.15) is 0 Å². The van der Waals surface area contributed by atoms with Gasteiger partial charge in [0.15, 0.2) is 5.78 Å². The van der Waals surface area contributed by atoms with Crippen LogP contribution in [0.2, 0.25) is 0 Å². The molecule has 0 aliphatic carbocycles. The SMILES string of the molecule is Cc1ccc(C(=O)CCC(=O)NCC2CCCNC2)cc1. The van der Waals surface area contributed by atoms with Crippen molar-refractivity contribution in [1.82, 2.24) is 10.6 Å². The molecule has 1 aromatic rings. The maximum Gasteiger partial charge on any atom is 0.220 e. The lowest BCUT2D eigenvalue weighted by Crippen LogP contribution is -2.38. The Balaban J connectivity index is 1.68. The summed E-state index contributed by atoms with van der Waals surface area (Å²) in [5, 5.41) is 6.27. The van der Waals surface area contributed by atoms with E-state index in [1.54, 1.807) is 0 Å². The zero-order valence-corrected chi connectivity index (χ0v) is 12.7. The Morgan fingerprint density at radius 2 is 2.00 bits per heavy atom. The number of Topliss-reactive ketones (excluding diaryl/α,β-unsaturated/α-hetero) is 1. The molecule has 2 N–H and O–H groups in total. The highest BCUT2D eigenvalue weighted by Crippen LogP contribution is 2.09. The second-order valence-electron chi connectivity index (χ2n) is 5.81. The van der Waals surface area contributed by atoms with Gasteiger partial charge in [-0.2, -0.15) is 0 Å². The van der Waals surface area contributed by atoms with Crippen LogP contribution in [0.5, 0.6) is 0 Å². The van der Waals surface area contributed by atoms with E-state index in [-0.39, 0.29) is 24.5 Å². The average Bonchev–Trinajstić information content (AvgIpc) is 2.52. The van der Waals surface area contributed by atoms with Crippen molar-refractivity contribution in [3.8, 4) is 0 Å². The summed E-state index contributed by atoms with van der Waals surface area (Å²) in [5.74, 6) is 0.529. The Bertz CT molecular complexity index is 476. The highest BCUT2D eigenvalue weighted by atomic mass is 16.2. The number of amides is 1. The highest BCUT2D eigenvalue weighted by molar-refractivity contribution is 5.97. The van der Waals surface area contributed by atoms with E-state index in [4.69, 9.17) is 0 Å². The zero-order valence-electron chi connectivity index (χ0n) is 12.7. The van der Waals surface area contributed by atoms with Gasteiger partial charge in [-0.05, 0) is 38.8 Å². The van der Waals surface area contributed by atoms with E-state index in [1.807, 2.05) is 31.2 Å². The first-order valence-corrected chi connectivity index (χ1v) is 7.72. The first kappa shape index (κ1) is 15.7. The highest BCUT2D eigenvalue weighted by Gasteiger charge is 2.14. The van der Waals surface area contributed by atoms with Gasteiger partial charge in [-0.25, -0.2) is 0 Å². The van der Waals surface area contributed by atoms with Crippen molar-refractivity contribution in [3.05, 3.63) is 35.4 Å². The van der Waals surface area contributed by atoms with Crippen LogP contribution in [0, 0.1) is 12.8 Å². The van der Waals surface area contributed by atoms with Gasteiger partial charge in [-0.1, -0.05) is 29.8 Å². The van der Waals surface area contributed by atoms with Crippen LogP contribution in [0.25, 0.3) is 0 Å². The van der Waals surface area contributed by atoms with Crippen LogP contribution in [0.1, 0.15) is 41.6 Å².